The zero-order chi connectivity index (χ0) is 15.9. The van der Waals surface area contributed by atoms with E-state index in [9.17, 15) is 9.59 Å². The average molecular weight is 307 g/mol. The van der Waals surface area contributed by atoms with Crippen LogP contribution in [0.15, 0.2) is 18.2 Å². The lowest BCUT2D eigenvalue weighted by atomic mass is 10.1. The van der Waals surface area contributed by atoms with Gasteiger partial charge < -0.3 is 19.5 Å². The van der Waals surface area contributed by atoms with Crippen molar-refractivity contribution in [1.82, 2.24) is 5.32 Å². The Morgan fingerprint density at radius 3 is 2.91 bits per heavy atom. The lowest BCUT2D eigenvalue weighted by Crippen LogP contribution is -2.34. The number of carbonyl (C=O) groups is 2. The van der Waals surface area contributed by atoms with Gasteiger partial charge in [-0.15, -0.1) is 0 Å². The van der Waals surface area contributed by atoms with E-state index in [-0.39, 0.29) is 18.6 Å². The van der Waals surface area contributed by atoms with E-state index < -0.39 is 5.97 Å². The molecular weight excluding hydrogens is 286 g/mol. The fraction of sp³-hybridized carbons (Fsp3) is 0.500. The first-order chi connectivity index (χ1) is 10.6. The van der Waals surface area contributed by atoms with Crippen LogP contribution in [-0.2, 0) is 14.3 Å². The van der Waals surface area contributed by atoms with Gasteiger partial charge in [0.15, 0.2) is 6.61 Å². The molecule has 0 spiro atoms. The van der Waals surface area contributed by atoms with E-state index in [1.807, 2.05) is 13.0 Å². The molecule has 1 N–H and O–H groups in total. The third kappa shape index (κ3) is 4.46. The van der Waals surface area contributed by atoms with Crippen molar-refractivity contribution in [3.63, 3.8) is 0 Å². The molecule has 1 atom stereocenters. The van der Waals surface area contributed by atoms with Crippen LogP contribution in [0, 0.1) is 6.92 Å². The second kappa shape index (κ2) is 7.79. The standard InChI is InChI=1S/C16H21NO5/c1-11-5-6-14(20-2)13(8-11)16(19)22-10-15(18)17-9-12-4-3-7-21-12/h5-6,8,12H,3-4,7,9-10H2,1-2H3,(H,17,18)/t12-/m0/s1. The Bertz CT molecular complexity index is 537. The Morgan fingerprint density at radius 1 is 1.41 bits per heavy atom. The number of esters is 1. The summed E-state index contributed by atoms with van der Waals surface area (Å²) in [5.41, 5.74) is 1.23. The molecule has 22 heavy (non-hydrogen) atoms. The van der Waals surface area contributed by atoms with Gasteiger partial charge in [-0.3, -0.25) is 4.79 Å². The highest BCUT2D eigenvalue weighted by atomic mass is 16.5. The first kappa shape index (κ1) is 16.3. The summed E-state index contributed by atoms with van der Waals surface area (Å²) in [5.74, 6) is -0.487. The fourth-order valence-electron chi connectivity index (χ4n) is 2.27. The van der Waals surface area contributed by atoms with E-state index in [2.05, 4.69) is 5.32 Å². The molecule has 2 rings (SSSR count). The SMILES string of the molecule is COc1ccc(C)cc1C(=O)OCC(=O)NC[C@@H]1CCCO1. The molecule has 1 aliphatic rings. The quantitative estimate of drug-likeness (QED) is 0.805. The summed E-state index contributed by atoms with van der Waals surface area (Å²) in [6.07, 6.45) is 2.03. The predicted octanol–water partition coefficient (Wildman–Crippen LogP) is 1.46. The van der Waals surface area contributed by atoms with Crippen LogP contribution in [0.2, 0.25) is 0 Å². The molecule has 120 valence electrons. The van der Waals surface area contributed by atoms with Crippen molar-refractivity contribution in [3.8, 4) is 5.75 Å². The number of methoxy groups -OCH3 is 1. The van der Waals surface area contributed by atoms with Gasteiger partial charge in [-0.2, -0.15) is 0 Å². The van der Waals surface area contributed by atoms with Crippen LogP contribution in [0.3, 0.4) is 0 Å². The maximum absolute atomic E-state index is 12.0. The zero-order valence-corrected chi connectivity index (χ0v) is 12.9. The molecule has 1 fully saturated rings. The van der Waals surface area contributed by atoms with Gasteiger partial charge in [0.25, 0.3) is 5.91 Å². The van der Waals surface area contributed by atoms with Crippen molar-refractivity contribution in [1.29, 1.82) is 0 Å². The van der Waals surface area contributed by atoms with Crippen molar-refractivity contribution in [3.05, 3.63) is 29.3 Å². The molecule has 0 saturated carbocycles. The second-order valence-corrected chi connectivity index (χ2v) is 5.22. The molecule has 1 aromatic carbocycles. The van der Waals surface area contributed by atoms with Crippen molar-refractivity contribution in [2.45, 2.75) is 25.9 Å². The number of carbonyl (C=O) groups excluding carboxylic acids is 2. The van der Waals surface area contributed by atoms with Gasteiger partial charge in [0.05, 0.1) is 13.2 Å². The summed E-state index contributed by atoms with van der Waals surface area (Å²) >= 11 is 0. The summed E-state index contributed by atoms with van der Waals surface area (Å²) < 4.78 is 15.6. The van der Waals surface area contributed by atoms with Crippen molar-refractivity contribution < 1.29 is 23.8 Å². The Hall–Kier alpha value is -2.08. The molecule has 1 saturated heterocycles. The largest absolute Gasteiger partial charge is 0.496 e. The van der Waals surface area contributed by atoms with Gasteiger partial charge >= 0.3 is 5.97 Å². The number of nitrogens with one attached hydrogen (secondary N) is 1. The molecule has 0 aromatic heterocycles. The van der Waals surface area contributed by atoms with E-state index in [1.54, 1.807) is 12.1 Å². The van der Waals surface area contributed by atoms with Gasteiger partial charge in [0, 0.05) is 13.2 Å². The fourth-order valence-corrected chi connectivity index (χ4v) is 2.27. The third-order valence-electron chi connectivity index (χ3n) is 3.46. The molecule has 1 aromatic rings. The molecule has 0 bridgehead atoms. The summed E-state index contributed by atoms with van der Waals surface area (Å²) in [7, 11) is 1.48. The number of aryl methyl sites for hydroxylation is 1. The number of benzene rings is 1. The van der Waals surface area contributed by atoms with Gasteiger partial charge in [0.2, 0.25) is 0 Å². The van der Waals surface area contributed by atoms with Gasteiger partial charge in [-0.25, -0.2) is 4.79 Å². The lowest BCUT2D eigenvalue weighted by Gasteiger charge is -2.12. The van der Waals surface area contributed by atoms with Gasteiger partial charge in [0.1, 0.15) is 11.3 Å². The average Bonchev–Trinajstić information content (AvgIpc) is 3.04. The Labute approximate surface area is 129 Å². The molecule has 0 aliphatic carbocycles. The maximum Gasteiger partial charge on any atom is 0.342 e. The van der Waals surface area contributed by atoms with E-state index in [0.717, 1.165) is 25.0 Å². The smallest absolute Gasteiger partial charge is 0.342 e. The monoisotopic (exact) mass is 307 g/mol. The molecule has 6 heteroatoms. The second-order valence-electron chi connectivity index (χ2n) is 5.22. The normalized spacial score (nSPS) is 17.1. The first-order valence-corrected chi connectivity index (χ1v) is 7.30. The van der Waals surface area contributed by atoms with E-state index in [0.29, 0.717) is 17.9 Å². The number of amides is 1. The van der Waals surface area contributed by atoms with Crippen molar-refractivity contribution in [2.75, 3.05) is 26.9 Å². The Kier molecular flexibility index (Phi) is 5.77. The molecule has 1 aliphatic heterocycles. The Balaban J connectivity index is 1.81. The minimum absolute atomic E-state index is 0.0662. The summed E-state index contributed by atoms with van der Waals surface area (Å²) in [5, 5.41) is 2.70. The van der Waals surface area contributed by atoms with E-state index in [1.165, 1.54) is 7.11 Å². The number of rotatable bonds is 6. The highest BCUT2D eigenvalue weighted by molar-refractivity contribution is 5.94. The minimum Gasteiger partial charge on any atom is -0.496 e. The highest BCUT2D eigenvalue weighted by Crippen LogP contribution is 2.20. The lowest BCUT2D eigenvalue weighted by molar-refractivity contribution is -0.124. The molecule has 6 nitrogen and oxygen atoms in total. The van der Waals surface area contributed by atoms with Crippen molar-refractivity contribution >= 4 is 11.9 Å². The zero-order valence-electron chi connectivity index (χ0n) is 12.9. The van der Waals surface area contributed by atoms with E-state index >= 15 is 0 Å². The first-order valence-electron chi connectivity index (χ1n) is 7.30. The van der Waals surface area contributed by atoms with Crippen LogP contribution >= 0.6 is 0 Å². The highest BCUT2D eigenvalue weighted by Gasteiger charge is 2.18. The number of hydrogen-bond donors (Lipinski definition) is 1. The molecular formula is C16H21NO5. The van der Waals surface area contributed by atoms with Crippen LogP contribution in [0.5, 0.6) is 5.75 Å². The summed E-state index contributed by atoms with van der Waals surface area (Å²) in [4.78, 5) is 23.7. The summed E-state index contributed by atoms with van der Waals surface area (Å²) in [6, 6.07) is 5.21. The minimum atomic E-state index is -0.576. The molecule has 1 amide bonds. The van der Waals surface area contributed by atoms with E-state index in [4.69, 9.17) is 14.2 Å². The van der Waals surface area contributed by atoms with Crippen LogP contribution in [0.25, 0.3) is 0 Å². The molecule has 1 heterocycles. The maximum atomic E-state index is 12.0. The predicted molar refractivity (Wildman–Crippen MR) is 80.0 cm³/mol. The van der Waals surface area contributed by atoms with Crippen LogP contribution < -0.4 is 10.1 Å². The molecule has 0 unspecified atom stereocenters. The van der Waals surface area contributed by atoms with Crippen molar-refractivity contribution in [2.24, 2.45) is 0 Å². The van der Waals surface area contributed by atoms with Crippen LogP contribution in [0.4, 0.5) is 0 Å². The Morgan fingerprint density at radius 2 is 2.23 bits per heavy atom. The third-order valence-corrected chi connectivity index (χ3v) is 3.46. The summed E-state index contributed by atoms with van der Waals surface area (Å²) in [6.45, 7) is 2.74. The molecule has 0 radical (unpaired) electrons. The number of ether oxygens (including phenoxy) is 3. The number of hydrogen-bond acceptors (Lipinski definition) is 5. The van der Waals surface area contributed by atoms with Gasteiger partial charge in [-0.1, -0.05) is 11.6 Å². The van der Waals surface area contributed by atoms with Crippen LogP contribution in [-0.4, -0.2) is 44.8 Å². The topological polar surface area (TPSA) is 73.9 Å². The van der Waals surface area contributed by atoms with Crippen LogP contribution in [0.1, 0.15) is 28.8 Å². The van der Waals surface area contributed by atoms with Gasteiger partial charge in [-0.05, 0) is 31.9 Å².